The molecule has 0 unspecified atom stereocenters. The van der Waals surface area contributed by atoms with Crippen molar-refractivity contribution in [2.75, 3.05) is 52.9 Å². The van der Waals surface area contributed by atoms with Crippen LogP contribution >= 0.6 is 7.82 Å². The van der Waals surface area contributed by atoms with Gasteiger partial charge in [0.05, 0.1) is 52.9 Å². The largest absolute Gasteiger partial charge is 0.469 e. The van der Waals surface area contributed by atoms with Gasteiger partial charge in [-0.3, -0.25) is 4.52 Å². The minimum Gasteiger partial charge on any atom is -0.394 e. The first-order valence-corrected chi connectivity index (χ1v) is 6.63. The highest BCUT2D eigenvalue weighted by Gasteiger charge is 2.12. The van der Waals surface area contributed by atoms with Crippen LogP contribution < -0.4 is 0 Å². The molecule has 9 heteroatoms. The molecule has 0 aliphatic rings. The van der Waals surface area contributed by atoms with Gasteiger partial charge in [0.25, 0.3) is 0 Å². The first kappa shape index (κ1) is 16.9. The second kappa shape index (κ2) is 11.1. The molecule has 0 atom stereocenters. The molecule has 3 N–H and O–H groups in total. The lowest BCUT2D eigenvalue weighted by Crippen LogP contribution is -2.12. The molecule has 0 saturated carbocycles. The zero-order chi connectivity index (χ0) is 13.0. The molecule has 0 rings (SSSR count). The molecule has 17 heavy (non-hydrogen) atoms. The zero-order valence-corrected chi connectivity index (χ0v) is 10.4. The van der Waals surface area contributed by atoms with Crippen molar-refractivity contribution in [1.29, 1.82) is 0 Å². The van der Waals surface area contributed by atoms with E-state index < -0.39 is 7.82 Å². The number of phosphoric ester groups is 1. The maximum atomic E-state index is 10.3. The number of rotatable bonds is 12. The van der Waals surface area contributed by atoms with E-state index in [1.165, 1.54) is 0 Å². The third kappa shape index (κ3) is 15.9. The van der Waals surface area contributed by atoms with Gasteiger partial charge in [0.15, 0.2) is 0 Å². The van der Waals surface area contributed by atoms with Gasteiger partial charge in [-0.15, -0.1) is 0 Å². The van der Waals surface area contributed by atoms with Crippen LogP contribution in [-0.4, -0.2) is 67.7 Å². The van der Waals surface area contributed by atoms with Gasteiger partial charge >= 0.3 is 7.82 Å². The molecule has 0 bridgehead atoms. The van der Waals surface area contributed by atoms with Crippen molar-refractivity contribution in [1.82, 2.24) is 0 Å². The average Bonchev–Trinajstić information content (AvgIpc) is 2.24. The quantitative estimate of drug-likeness (QED) is 0.311. The van der Waals surface area contributed by atoms with Crippen LogP contribution in [-0.2, 0) is 23.3 Å². The number of hydrogen-bond donors (Lipinski definition) is 3. The first-order chi connectivity index (χ1) is 8.06. The van der Waals surface area contributed by atoms with Crippen LogP contribution in [0.25, 0.3) is 0 Å². The third-order valence-electron chi connectivity index (χ3n) is 1.47. The summed E-state index contributed by atoms with van der Waals surface area (Å²) in [5.74, 6) is 0. The van der Waals surface area contributed by atoms with Crippen molar-refractivity contribution in [3.8, 4) is 0 Å². The van der Waals surface area contributed by atoms with Gasteiger partial charge in [0.2, 0.25) is 0 Å². The molecule has 0 fully saturated rings. The second-order valence-electron chi connectivity index (χ2n) is 2.88. The van der Waals surface area contributed by atoms with Crippen LogP contribution in [0.2, 0.25) is 0 Å². The predicted octanol–water partition coefficient (Wildman–Crippen LogP) is -0.862. The second-order valence-corrected chi connectivity index (χ2v) is 4.12. The summed E-state index contributed by atoms with van der Waals surface area (Å²) in [6.45, 7) is 1.69. The Labute approximate surface area is 99.7 Å². The van der Waals surface area contributed by atoms with E-state index in [9.17, 15) is 4.57 Å². The Morgan fingerprint density at radius 3 is 1.59 bits per heavy atom. The van der Waals surface area contributed by atoms with Gasteiger partial charge in [-0.2, -0.15) is 0 Å². The summed E-state index contributed by atoms with van der Waals surface area (Å²) in [6.07, 6.45) is 0. The highest BCUT2D eigenvalue weighted by molar-refractivity contribution is 7.46. The van der Waals surface area contributed by atoms with Crippen molar-refractivity contribution >= 4 is 7.82 Å². The fraction of sp³-hybridized carbons (Fsp3) is 1.00. The van der Waals surface area contributed by atoms with E-state index >= 15 is 0 Å². The van der Waals surface area contributed by atoms with E-state index in [0.29, 0.717) is 33.0 Å². The van der Waals surface area contributed by atoms with Gasteiger partial charge in [0, 0.05) is 0 Å². The standard InChI is InChI=1S/C8H19O8P/c9-1-2-13-3-4-14-5-6-15-7-8-16-17(10,11)12/h9H,1-8H2,(H2,10,11,12). The molecule has 0 aromatic carbocycles. The van der Waals surface area contributed by atoms with Gasteiger partial charge in [-0.25, -0.2) is 4.57 Å². The third-order valence-corrected chi connectivity index (χ3v) is 1.99. The zero-order valence-electron chi connectivity index (χ0n) is 9.49. The van der Waals surface area contributed by atoms with Gasteiger partial charge in [-0.05, 0) is 0 Å². The highest BCUT2D eigenvalue weighted by atomic mass is 31.2. The van der Waals surface area contributed by atoms with Crippen molar-refractivity contribution < 1.29 is 38.2 Å². The molecule has 8 nitrogen and oxygen atoms in total. The van der Waals surface area contributed by atoms with Crippen LogP contribution in [0, 0.1) is 0 Å². The molecular formula is C8H19O8P. The molecule has 0 aliphatic carbocycles. The summed E-state index contributed by atoms with van der Waals surface area (Å²) < 4.78 is 29.4. The van der Waals surface area contributed by atoms with Gasteiger partial charge < -0.3 is 29.1 Å². The molecule has 0 amide bonds. The Balaban J connectivity index is 3.01. The molecule has 0 heterocycles. The average molecular weight is 274 g/mol. The van der Waals surface area contributed by atoms with Gasteiger partial charge in [0.1, 0.15) is 0 Å². The first-order valence-electron chi connectivity index (χ1n) is 5.10. The van der Waals surface area contributed by atoms with E-state index in [1.54, 1.807) is 0 Å². The lowest BCUT2D eigenvalue weighted by Gasteiger charge is -2.07. The summed E-state index contributed by atoms with van der Waals surface area (Å²) in [6, 6.07) is 0. The van der Waals surface area contributed by atoms with Crippen LogP contribution in [0.1, 0.15) is 0 Å². The summed E-state index contributed by atoms with van der Waals surface area (Å²) in [7, 11) is -4.39. The molecule has 0 aromatic heterocycles. The number of ether oxygens (including phenoxy) is 3. The molecule has 0 spiro atoms. The number of hydrogen-bond acceptors (Lipinski definition) is 6. The van der Waals surface area contributed by atoms with Crippen LogP contribution in [0.3, 0.4) is 0 Å². The highest BCUT2D eigenvalue weighted by Crippen LogP contribution is 2.35. The van der Waals surface area contributed by atoms with E-state index in [4.69, 9.17) is 29.1 Å². The summed E-state index contributed by atoms with van der Waals surface area (Å²) in [5, 5.41) is 8.39. The molecule has 0 saturated heterocycles. The van der Waals surface area contributed by atoms with Gasteiger partial charge in [-0.1, -0.05) is 0 Å². The Bertz CT molecular complexity index is 206. The van der Waals surface area contributed by atoms with Crippen molar-refractivity contribution in [2.24, 2.45) is 0 Å². The van der Waals surface area contributed by atoms with Crippen molar-refractivity contribution in [3.05, 3.63) is 0 Å². The normalized spacial score (nSPS) is 11.9. The molecular weight excluding hydrogens is 255 g/mol. The Morgan fingerprint density at radius 1 is 0.765 bits per heavy atom. The van der Waals surface area contributed by atoms with Crippen LogP contribution in [0.15, 0.2) is 0 Å². The van der Waals surface area contributed by atoms with Crippen LogP contribution in [0.4, 0.5) is 0 Å². The SMILES string of the molecule is O=P(O)(O)OCCOCCOCCOCCO. The minimum absolute atomic E-state index is 0.0112. The number of aliphatic hydroxyl groups excluding tert-OH is 1. The fourth-order valence-electron chi connectivity index (χ4n) is 0.822. The number of aliphatic hydroxyl groups is 1. The minimum atomic E-state index is -4.39. The van der Waals surface area contributed by atoms with Crippen molar-refractivity contribution in [2.45, 2.75) is 0 Å². The Kier molecular flexibility index (Phi) is 11.0. The summed E-state index contributed by atoms with van der Waals surface area (Å²) in [5.41, 5.74) is 0. The topological polar surface area (TPSA) is 115 Å². The smallest absolute Gasteiger partial charge is 0.394 e. The molecule has 0 aromatic rings. The molecule has 104 valence electrons. The van der Waals surface area contributed by atoms with Crippen LogP contribution in [0.5, 0.6) is 0 Å². The van der Waals surface area contributed by atoms with E-state index in [2.05, 4.69) is 4.52 Å². The number of phosphoric acid groups is 1. The maximum Gasteiger partial charge on any atom is 0.469 e. The maximum absolute atomic E-state index is 10.3. The van der Waals surface area contributed by atoms with E-state index in [-0.39, 0.29) is 19.8 Å². The lowest BCUT2D eigenvalue weighted by molar-refractivity contribution is 0.00222. The fourth-order valence-corrected chi connectivity index (χ4v) is 1.13. The van der Waals surface area contributed by atoms with E-state index in [0.717, 1.165) is 0 Å². The summed E-state index contributed by atoms with van der Waals surface area (Å²) >= 11 is 0. The monoisotopic (exact) mass is 274 g/mol. The molecule has 0 radical (unpaired) electrons. The Hall–Kier alpha value is -0.0500. The predicted molar refractivity (Wildman–Crippen MR) is 57.5 cm³/mol. The Morgan fingerprint density at radius 2 is 1.18 bits per heavy atom. The summed E-state index contributed by atoms with van der Waals surface area (Å²) in [4.78, 5) is 16.7. The van der Waals surface area contributed by atoms with E-state index in [1.807, 2.05) is 0 Å². The van der Waals surface area contributed by atoms with Crippen molar-refractivity contribution in [3.63, 3.8) is 0 Å². The molecule has 0 aliphatic heterocycles. The lowest BCUT2D eigenvalue weighted by atomic mass is 10.7.